The van der Waals surface area contributed by atoms with Gasteiger partial charge in [0.2, 0.25) is 0 Å². The Labute approximate surface area is 130 Å². The summed E-state index contributed by atoms with van der Waals surface area (Å²) in [5.41, 5.74) is 1.90. The molecule has 1 aromatic carbocycles. The second-order valence-corrected chi connectivity index (χ2v) is 9.11. The molecule has 0 atom stereocenters. The maximum absolute atomic E-state index is 4.85. The van der Waals surface area contributed by atoms with Gasteiger partial charge in [0.15, 0.2) is 0 Å². The molecule has 1 heterocycles. The SMILES string of the molecule is c1ccc2sc(CCC34CC5CC(CC(C5)C3)C4)nc2c1. The van der Waals surface area contributed by atoms with E-state index in [-0.39, 0.29) is 0 Å². The first-order valence-corrected chi connectivity index (χ1v) is 9.44. The Balaban J connectivity index is 1.35. The summed E-state index contributed by atoms with van der Waals surface area (Å²) in [5, 5.41) is 1.37. The van der Waals surface area contributed by atoms with Crippen LogP contribution in [0.2, 0.25) is 0 Å². The van der Waals surface area contributed by atoms with Crippen LogP contribution in [0.25, 0.3) is 10.2 Å². The molecule has 4 bridgehead atoms. The fourth-order valence-electron chi connectivity index (χ4n) is 6.00. The van der Waals surface area contributed by atoms with Crippen LogP contribution in [-0.2, 0) is 6.42 Å². The zero-order valence-electron chi connectivity index (χ0n) is 12.6. The van der Waals surface area contributed by atoms with Gasteiger partial charge in [0.25, 0.3) is 0 Å². The largest absolute Gasteiger partial charge is 0.241 e. The van der Waals surface area contributed by atoms with Crippen LogP contribution in [0.5, 0.6) is 0 Å². The third-order valence-electron chi connectivity index (χ3n) is 6.37. The van der Waals surface area contributed by atoms with E-state index in [2.05, 4.69) is 24.3 Å². The minimum atomic E-state index is 0.701. The van der Waals surface area contributed by atoms with Crippen molar-refractivity contribution in [1.82, 2.24) is 4.98 Å². The van der Waals surface area contributed by atoms with Crippen LogP contribution in [0, 0.1) is 23.2 Å². The third kappa shape index (κ3) is 2.14. The Bertz CT molecular complexity index is 603. The minimum absolute atomic E-state index is 0.701. The van der Waals surface area contributed by atoms with Gasteiger partial charge in [-0.15, -0.1) is 11.3 Å². The van der Waals surface area contributed by atoms with Crippen molar-refractivity contribution < 1.29 is 0 Å². The number of benzene rings is 1. The summed E-state index contributed by atoms with van der Waals surface area (Å²) in [6.45, 7) is 0. The molecular formula is C19H23NS. The summed E-state index contributed by atoms with van der Waals surface area (Å²) in [6.07, 6.45) is 11.9. The quantitative estimate of drug-likeness (QED) is 0.734. The molecule has 0 amide bonds. The van der Waals surface area contributed by atoms with E-state index < -0.39 is 0 Å². The standard InChI is InChI=1S/C19H23NS/c1-2-4-17-16(3-1)20-18(21-17)5-6-19-10-13-7-14(11-19)9-15(8-13)12-19/h1-4,13-15H,5-12H2. The lowest BCUT2D eigenvalue weighted by Crippen LogP contribution is -2.46. The van der Waals surface area contributed by atoms with Crippen LogP contribution < -0.4 is 0 Å². The second kappa shape index (κ2) is 4.55. The number of thiazole rings is 1. The van der Waals surface area contributed by atoms with Crippen molar-refractivity contribution in [3.8, 4) is 0 Å². The number of hydrogen-bond acceptors (Lipinski definition) is 2. The number of fused-ring (bicyclic) bond motifs is 1. The third-order valence-corrected chi connectivity index (χ3v) is 7.47. The molecule has 0 radical (unpaired) electrons. The molecule has 2 aromatic rings. The molecule has 1 aromatic heterocycles. The zero-order chi connectivity index (χ0) is 13.9. The Morgan fingerprint density at radius 2 is 1.67 bits per heavy atom. The molecule has 110 valence electrons. The number of hydrogen-bond donors (Lipinski definition) is 0. The lowest BCUT2D eigenvalue weighted by atomic mass is 9.48. The number of aryl methyl sites for hydroxylation is 1. The van der Waals surface area contributed by atoms with Crippen molar-refractivity contribution in [3.63, 3.8) is 0 Å². The van der Waals surface area contributed by atoms with Gasteiger partial charge in [-0.3, -0.25) is 0 Å². The molecule has 0 N–H and O–H groups in total. The highest BCUT2D eigenvalue weighted by molar-refractivity contribution is 7.18. The minimum Gasteiger partial charge on any atom is -0.241 e. The average Bonchev–Trinajstić information content (AvgIpc) is 2.87. The van der Waals surface area contributed by atoms with Crippen molar-refractivity contribution >= 4 is 21.6 Å². The van der Waals surface area contributed by atoms with Gasteiger partial charge in [0, 0.05) is 0 Å². The van der Waals surface area contributed by atoms with Gasteiger partial charge in [0.05, 0.1) is 15.2 Å². The number of para-hydroxylation sites is 1. The van der Waals surface area contributed by atoms with E-state index in [9.17, 15) is 0 Å². The van der Waals surface area contributed by atoms with Crippen molar-refractivity contribution in [1.29, 1.82) is 0 Å². The average molecular weight is 297 g/mol. The van der Waals surface area contributed by atoms with E-state index in [1.807, 2.05) is 11.3 Å². The molecule has 1 nitrogen and oxygen atoms in total. The topological polar surface area (TPSA) is 12.9 Å². The van der Waals surface area contributed by atoms with Crippen LogP contribution in [0.3, 0.4) is 0 Å². The first-order chi connectivity index (χ1) is 10.3. The molecule has 6 rings (SSSR count). The molecular weight excluding hydrogens is 274 g/mol. The smallest absolute Gasteiger partial charge is 0.0938 e. The van der Waals surface area contributed by atoms with E-state index in [0.717, 1.165) is 17.8 Å². The van der Waals surface area contributed by atoms with Gasteiger partial charge in [-0.05, 0) is 86.7 Å². The highest BCUT2D eigenvalue weighted by Gasteiger charge is 2.50. The van der Waals surface area contributed by atoms with Crippen molar-refractivity contribution in [2.24, 2.45) is 23.2 Å². The number of rotatable bonds is 3. The molecule has 4 aliphatic rings. The van der Waals surface area contributed by atoms with E-state index in [4.69, 9.17) is 4.98 Å². The molecule has 0 aliphatic heterocycles. The summed E-state index contributed by atoms with van der Waals surface area (Å²) >= 11 is 1.91. The van der Waals surface area contributed by atoms with Crippen LogP contribution in [0.15, 0.2) is 24.3 Å². The molecule has 0 spiro atoms. The van der Waals surface area contributed by atoms with Crippen molar-refractivity contribution in [3.05, 3.63) is 29.3 Å². The normalized spacial score (nSPS) is 37.4. The van der Waals surface area contributed by atoms with E-state index in [0.29, 0.717) is 5.41 Å². The van der Waals surface area contributed by atoms with Gasteiger partial charge in [-0.25, -0.2) is 4.98 Å². The number of aromatic nitrogens is 1. The maximum Gasteiger partial charge on any atom is 0.0938 e. The molecule has 2 heteroatoms. The summed E-state index contributed by atoms with van der Waals surface area (Å²) in [6, 6.07) is 8.59. The fraction of sp³-hybridized carbons (Fsp3) is 0.632. The summed E-state index contributed by atoms with van der Waals surface area (Å²) < 4.78 is 1.36. The molecule has 4 aliphatic carbocycles. The van der Waals surface area contributed by atoms with E-state index >= 15 is 0 Å². The maximum atomic E-state index is 4.85. The van der Waals surface area contributed by atoms with Gasteiger partial charge < -0.3 is 0 Å². The lowest BCUT2D eigenvalue weighted by molar-refractivity contribution is -0.0569. The highest BCUT2D eigenvalue weighted by atomic mass is 32.1. The van der Waals surface area contributed by atoms with Gasteiger partial charge in [-0.2, -0.15) is 0 Å². The first kappa shape index (κ1) is 12.6. The molecule has 4 saturated carbocycles. The Morgan fingerprint density at radius 3 is 2.33 bits per heavy atom. The molecule has 21 heavy (non-hydrogen) atoms. The predicted molar refractivity (Wildman–Crippen MR) is 88.5 cm³/mol. The van der Waals surface area contributed by atoms with Crippen molar-refractivity contribution in [2.75, 3.05) is 0 Å². The van der Waals surface area contributed by atoms with Crippen LogP contribution in [-0.4, -0.2) is 4.98 Å². The van der Waals surface area contributed by atoms with Crippen LogP contribution in [0.4, 0.5) is 0 Å². The highest BCUT2D eigenvalue weighted by Crippen LogP contribution is 2.61. The summed E-state index contributed by atoms with van der Waals surface area (Å²) in [7, 11) is 0. The van der Waals surface area contributed by atoms with Gasteiger partial charge >= 0.3 is 0 Å². The van der Waals surface area contributed by atoms with Gasteiger partial charge in [-0.1, -0.05) is 12.1 Å². The molecule has 0 saturated heterocycles. The second-order valence-electron chi connectivity index (χ2n) is 7.99. The zero-order valence-corrected chi connectivity index (χ0v) is 13.4. The predicted octanol–water partition coefficient (Wildman–Crippen LogP) is 5.45. The first-order valence-electron chi connectivity index (χ1n) is 8.62. The van der Waals surface area contributed by atoms with E-state index in [1.54, 1.807) is 19.3 Å². The number of nitrogens with zero attached hydrogens (tertiary/aromatic N) is 1. The Kier molecular flexibility index (Phi) is 2.74. The van der Waals surface area contributed by atoms with E-state index in [1.165, 1.54) is 47.3 Å². The Hall–Kier alpha value is -0.890. The summed E-state index contributed by atoms with van der Waals surface area (Å²) in [5.74, 6) is 3.23. The van der Waals surface area contributed by atoms with Gasteiger partial charge in [0.1, 0.15) is 0 Å². The Morgan fingerprint density at radius 1 is 1.00 bits per heavy atom. The molecule has 4 fully saturated rings. The van der Waals surface area contributed by atoms with Crippen LogP contribution >= 0.6 is 11.3 Å². The molecule has 0 unspecified atom stereocenters. The monoisotopic (exact) mass is 297 g/mol. The lowest BCUT2D eigenvalue weighted by Gasteiger charge is -2.57. The van der Waals surface area contributed by atoms with Crippen LogP contribution in [0.1, 0.15) is 50.0 Å². The van der Waals surface area contributed by atoms with Crippen molar-refractivity contribution in [2.45, 2.75) is 51.4 Å². The fourth-order valence-corrected chi connectivity index (χ4v) is 6.96. The summed E-state index contributed by atoms with van der Waals surface area (Å²) in [4.78, 5) is 4.85.